The van der Waals surface area contributed by atoms with Gasteiger partial charge < -0.3 is 11.1 Å². The molecule has 0 atom stereocenters. The Morgan fingerprint density at radius 2 is 2.00 bits per heavy atom. The van der Waals surface area contributed by atoms with Crippen LogP contribution in [0.25, 0.3) is 0 Å². The second kappa shape index (κ2) is 6.83. The van der Waals surface area contributed by atoms with Gasteiger partial charge in [0.25, 0.3) is 5.91 Å². The van der Waals surface area contributed by atoms with Crippen molar-refractivity contribution >= 4 is 34.8 Å². The van der Waals surface area contributed by atoms with Gasteiger partial charge in [-0.25, -0.2) is 0 Å². The Hall–Kier alpha value is -1.71. The van der Waals surface area contributed by atoms with Gasteiger partial charge in [0.05, 0.1) is 15.7 Å². The highest BCUT2D eigenvalue weighted by Crippen LogP contribution is 2.29. The van der Waals surface area contributed by atoms with Crippen molar-refractivity contribution in [2.45, 2.75) is 13.3 Å². The normalized spacial score (nSPS) is 10.4. The van der Waals surface area contributed by atoms with Gasteiger partial charge in [0.1, 0.15) is 0 Å². The number of nitrogens with one attached hydrogen (secondary N) is 1. The third kappa shape index (κ3) is 4.13. The second-order valence-electron chi connectivity index (χ2n) is 4.86. The molecule has 0 heterocycles. The molecule has 2 rings (SSSR count). The molecular weight excluding hydrogens is 307 g/mol. The van der Waals surface area contributed by atoms with Crippen molar-refractivity contribution in [2.24, 2.45) is 0 Å². The fourth-order valence-corrected chi connectivity index (χ4v) is 2.37. The van der Waals surface area contributed by atoms with Crippen molar-refractivity contribution in [1.29, 1.82) is 0 Å². The molecule has 0 unspecified atom stereocenters. The summed E-state index contributed by atoms with van der Waals surface area (Å²) >= 11 is 11.8. The predicted octanol–water partition coefficient (Wildman–Crippen LogP) is 3.86. The van der Waals surface area contributed by atoms with E-state index in [-0.39, 0.29) is 16.0 Å². The van der Waals surface area contributed by atoms with Gasteiger partial charge in [-0.1, -0.05) is 53.0 Å². The molecule has 0 radical (unpaired) electrons. The van der Waals surface area contributed by atoms with E-state index in [9.17, 15) is 4.79 Å². The van der Waals surface area contributed by atoms with E-state index in [1.807, 2.05) is 25.1 Å². The topological polar surface area (TPSA) is 55.1 Å². The molecule has 3 N–H and O–H groups in total. The highest BCUT2D eigenvalue weighted by atomic mass is 35.5. The molecule has 0 aliphatic rings. The molecule has 2 aromatic rings. The number of hydrogen-bond acceptors (Lipinski definition) is 2. The Labute approximate surface area is 134 Å². The molecule has 21 heavy (non-hydrogen) atoms. The number of carbonyl (C=O) groups excluding carboxylic acids is 1. The maximum absolute atomic E-state index is 12.0. The summed E-state index contributed by atoms with van der Waals surface area (Å²) in [6, 6.07) is 11.2. The molecule has 0 saturated carbocycles. The second-order valence-corrected chi connectivity index (χ2v) is 5.64. The van der Waals surface area contributed by atoms with Crippen molar-refractivity contribution in [3.8, 4) is 0 Å². The van der Waals surface area contributed by atoms with E-state index in [2.05, 4.69) is 11.4 Å². The van der Waals surface area contributed by atoms with Gasteiger partial charge in [0.2, 0.25) is 0 Å². The fourth-order valence-electron chi connectivity index (χ4n) is 2.03. The van der Waals surface area contributed by atoms with Crippen molar-refractivity contribution in [1.82, 2.24) is 5.32 Å². The number of nitrogens with two attached hydrogens (primary N) is 1. The van der Waals surface area contributed by atoms with Gasteiger partial charge in [-0.05, 0) is 31.0 Å². The lowest BCUT2D eigenvalue weighted by molar-refractivity contribution is 0.0954. The summed E-state index contributed by atoms with van der Waals surface area (Å²) in [4.78, 5) is 12.0. The van der Waals surface area contributed by atoms with Gasteiger partial charge in [-0.2, -0.15) is 0 Å². The average molecular weight is 323 g/mol. The smallest absolute Gasteiger partial charge is 0.251 e. The summed E-state index contributed by atoms with van der Waals surface area (Å²) in [7, 11) is 0. The van der Waals surface area contributed by atoms with Crippen LogP contribution in [-0.4, -0.2) is 12.5 Å². The van der Waals surface area contributed by atoms with Crippen LogP contribution in [0.3, 0.4) is 0 Å². The van der Waals surface area contributed by atoms with E-state index in [1.54, 1.807) is 0 Å². The van der Waals surface area contributed by atoms with Gasteiger partial charge in [0.15, 0.2) is 0 Å². The molecule has 1 amide bonds. The Kier molecular flexibility index (Phi) is 5.10. The van der Waals surface area contributed by atoms with Crippen LogP contribution < -0.4 is 11.1 Å². The summed E-state index contributed by atoms with van der Waals surface area (Å²) in [5.74, 6) is -0.215. The van der Waals surface area contributed by atoms with Gasteiger partial charge in [0, 0.05) is 12.1 Å². The van der Waals surface area contributed by atoms with E-state index in [1.165, 1.54) is 23.3 Å². The molecule has 0 spiro atoms. The number of hydrogen-bond donors (Lipinski definition) is 2. The van der Waals surface area contributed by atoms with Gasteiger partial charge >= 0.3 is 0 Å². The van der Waals surface area contributed by atoms with E-state index in [0.717, 1.165) is 6.42 Å². The quantitative estimate of drug-likeness (QED) is 0.840. The molecular formula is C16H16Cl2N2O. The summed E-state index contributed by atoms with van der Waals surface area (Å²) in [6.07, 6.45) is 0.768. The largest absolute Gasteiger partial charge is 0.397 e. The van der Waals surface area contributed by atoms with Crippen molar-refractivity contribution in [2.75, 3.05) is 12.3 Å². The molecule has 2 aromatic carbocycles. The van der Waals surface area contributed by atoms with Gasteiger partial charge in [-0.15, -0.1) is 0 Å². The number of halogens is 2. The molecule has 0 aliphatic carbocycles. The zero-order valence-electron chi connectivity index (χ0n) is 11.6. The average Bonchev–Trinajstić information content (AvgIpc) is 2.44. The third-order valence-corrected chi connectivity index (χ3v) is 3.92. The number of nitrogen functional groups attached to an aromatic ring is 1. The third-order valence-electron chi connectivity index (χ3n) is 3.10. The summed E-state index contributed by atoms with van der Waals surface area (Å²) in [5, 5.41) is 3.39. The van der Waals surface area contributed by atoms with Crippen molar-refractivity contribution in [3.05, 3.63) is 63.1 Å². The lowest BCUT2D eigenvalue weighted by Crippen LogP contribution is -2.25. The molecule has 110 valence electrons. The van der Waals surface area contributed by atoms with Crippen LogP contribution in [0.1, 0.15) is 21.5 Å². The van der Waals surface area contributed by atoms with Crippen LogP contribution in [-0.2, 0) is 6.42 Å². The number of benzene rings is 2. The Balaban J connectivity index is 1.96. The first-order chi connectivity index (χ1) is 9.97. The number of anilines is 1. The first kappa shape index (κ1) is 15.7. The van der Waals surface area contributed by atoms with Crippen LogP contribution in [0.4, 0.5) is 5.69 Å². The van der Waals surface area contributed by atoms with E-state index >= 15 is 0 Å². The number of rotatable bonds is 4. The van der Waals surface area contributed by atoms with E-state index in [4.69, 9.17) is 28.9 Å². The number of carbonyl (C=O) groups is 1. The minimum absolute atomic E-state index is 0.215. The summed E-state index contributed by atoms with van der Waals surface area (Å²) in [6.45, 7) is 2.59. The van der Waals surface area contributed by atoms with Crippen molar-refractivity contribution < 1.29 is 4.79 Å². The highest BCUT2D eigenvalue weighted by molar-refractivity contribution is 6.43. The maximum atomic E-state index is 12.0. The SMILES string of the molecule is Cc1cccc(CCNC(=O)c2cc(N)c(Cl)c(Cl)c2)c1. The number of amides is 1. The Morgan fingerprint density at radius 3 is 2.67 bits per heavy atom. The first-order valence-corrected chi connectivity index (χ1v) is 7.31. The standard InChI is InChI=1S/C16H16Cl2N2O/c1-10-3-2-4-11(7-10)5-6-20-16(21)12-8-13(17)15(18)14(19)9-12/h2-4,7-9H,5-6,19H2,1H3,(H,20,21). The summed E-state index contributed by atoms with van der Waals surface area (Å²) in [5.41, 5.74) is 8.80. The summed E-state index contributed by atoms with van der Waals surface area (Å²) < 4.78 is 0. The minimum atomic E-state index is -0.215. The van der Waals surface area contributed by atoms with E-state index in [0.29, 0.717) is 17.8 Å². The molecule has 0 fully saturated rings. The molecule has 0 aliphatic heterocycles. The Morgan fingerprint density at radius 1 is 1.24 bits per heavy atom. The first-order valence-electron chi connectivity index (χ1n) is 6.55. The molecule has 0 saturated heterocycles. The fraction of sp³-hybridized carbons (Fsp3) is 0.188. The molecule has 0 aromatic heterocycles. The molecule has 3 nitrogen and oxygen atoms in total. The van der Waals surface area contributed by atoms with Crippen LogP contribution in [0, 0.1) is 6.92 Å². The monoisotopic (exact) mass is 322 g/mol. The highest BCUT2D eigenvalue weighted by Gasteiger charge is 2.10. The molecule has 5 heteroatoms. The van der Waals surface area contributed by atoms with Crippen LogP contribution in [0.2, 0.25) is 10.0 Å². The van der Waals surface area contributed by atoms with Crippen molar-refractivity contribution in [3.63, 3.8) is 0 Å². The zero-order valence-corrected chi connectivity index (χ0v) is 13.1. The Bertz CT molecular complexity index is 648. The molecule has 0 bridgehead atoms. The van der Waals surface area contributed by atoms with E-state index < -0.39 is 0 Å². The van der Waals surface area contributed by atoms with Crippen LogP contribution in [0.15, 0.2) is 36.4 Å². The van der Waals surface area contributed by atoms with Crippen LogP contribution >= 0.6 is 23.2 Å². The maximum Gasteiger partial charge on any atom is 0.251 e. The van der Waals surface area contributed by atoms with Crippen LogP contribution in [0.5, 0.6) is 0 Å². The van der Waals surface area contributed by atoms with Gasteiger partial charge in [-0.3, -0.25) is 4.79 Å². The number of aryl methyl sites for hydroxylation is 1. The predicted molar refractivity (Wildman–Crippen MR) is 88.1 cm³/mol. The zero-order chi connectivity index (χ0) is 15.4. The lowest BCUT2D eigenvalue weighted by atomic mass is 10.1. The minimum Gasteiger partial charge on any atom is -0.397 e. The lowest BCUT2D eigenvalue weighted by Gasteiger charge is -2.08.